The van der Waals surface area contributed by atoms with E-state index in [1.807, 2.05) is 26.8 Å². The van der Waals surface area contributed by atoms with E-state index in [0.717, 1.165) is 18.4 Å². The Morgan fingerprint density at radius 1 is 1.07 bits per heavy atom. The van der Waals surface area contributed by atoms with Gasteiger partial charge in [-0.15, -0.1) is 0 Å². The highest BCUT2D eigenvalue weighted by molar-refractivity contribution is 5.95. The van der Waals surface area contributed by atoms with Gasteiger partial charge in [0.1, 0.15) is 0 Å². The third kappa shape index (κ3) is 5.15. The van der Waals surface area contributed by atoms with Gasteiger partial charge >= 0.3 is 12.0 Å². The summed E-state index contributed by atoms with van der Waals surface area (Å²) in [4.78, 5) is 24.5. The minimum atomic E-state index is -0.623. The number of nitrogens with one attached hydrogen (secondary N) is 2. The summed E-state index contributed by atoms with van der Waals surface area (Å²) in [6, 6.07) is 4.43. The van der Waals surface area contributed by atoms with Crippen LogP contribution in [-0.2, 0) is 9.53 Å². The van der Waals surface area contributed by atoms with Crippen LogP contribution in [0.25, 0.3) is 0 Å². The Balaban J connectivity index is 2.39. The van der Waals surface area contributed by atoms with Crippen LogP contribution in [0.4, 0.5) is 4.79 Å². The normalized spacial score (nSPS) is 16.4. The number of allylic oxidation sites excluding steroid dienone is 1. The van der Waals surface area contributed by atoms with Crippen LogP contribution in [0, 0.1) is 0 Å². The quantitative estimate of drug-likeness (QED) is 0.645. The Morgan fingerprint density at radius 3 is 2.48 bits per heavy atom. The number of benzene rings is 1. The second-order valence-electron chi connectivity index (χ2n) is 6.19. The highest BCUT2D eigenvalue weighted by Gasteiger charge is 2.32. The van der Waals surface area contributed by atoms with Crippen molar-refractivity contribution in [3.05, 3.63) is 35.0 Å². The first-order chi connectivity index (χ1) is 13.0. The van der Waals surface area contributed by atoms with E-state index >= 15 is 0 Å². The average molecular weight is 376 g/mol. The number of carbonyl (C=O) groups is 2. The van der Waals surface area contributed by atoms with E-state index in [-0.39, 0.29) is 6.03 Å². The maximum absolute atomic E-state index is 12.5. The van der Waals surface area contributed by atoms with Crippen molar-refractivity contribution in [1.29, 1.82) is 0 Å². The molecule has 0 spiro atoms. The number of urea groups is 1. The fraction of sp³-hybridized carbons (Fsp3) is 0.500. The number of esters is 1. The van der Waals surface area contributed by atoms with Gasteiger partial charge in [-0.05, 0) is 44.4 Å². The van der Waals surface area contributed by atoms with Gasteiger partial charge in [0, 0.05) is 5.70 Å². The van der Waals surface area contributed by atoms with Crippen LogP contribution in [0.1, 0.15) is 52.1 Å². The van der Waals surface area contributed by atoms with Gasteiger partial charge in [-0.1, -0.05) is 19.9 Å². The number of hydrogen-bond acceptors (Lipinski definition) is 5. The molecule has 7 heteroatoms. The summed E-state index contributed by atoms with van der Waals surface area (Å²) < 4.78 is 16.7. The third-order valence-corrected chi connectivity index (χ3v) is 3.99. The molecule has 2 rings (SSSR count). The summed E-state index contributed by atoms with van der Waals surface area (Å²) in [6.07, 6.45) is 1.60. The molecule has 148 valence electrons. The van der Waals surface area contributed by atoms with E-state index in [9.17, 15) is 9.59 Å². The monoisotopic (exact) mass is 376 g/mol. The molecular weight excluding hydrogens is 348 g/mol. The number of carbonyl (C=O) groups excluding carboxylic acids is 2. The van der Waals surface area contributed by atoms with Gasteiger partial charge in [-0.25, -0.2) is 9.59 Å². The van der Waals surface area contributed by atoms with Gasteiger partial charge in [0.25, 0.3) is 0 Å². The first kappa shape index (κ1) is 20.6. The zero-order valence-electron chi connectivity index (χ0n) is 16.4. The maximum atomic E-state index is 12.5. The van der Waals surface area contributed by atoms with Gasteiger partial charge in [-0.2, -0.15) is 0 Å². The van der Waals surface area contributed by atoms with E-state index in [1.165, 1.54) is 0 Å². The highest BCUT2D eigenvalue weighted by atomic mass is 16.5. The van der Waals surface area contributed by atoms with Crippen molar-refractivity contribution in [3.63, 3.8) is 0 Å². The van der Waals surface area contributed by atoms with Crippen molar-refractivity contribution in [2.75, 3.05) is 19.8 Å². The van der Waals surface area contributed by atoms with E-state index in [4.69, 9.17) is 14.2 Å². The van der Waals surface area contributed by atoms with Crippen LogP contribution in [0.5, 0.6) is 11.5 Å². The van der Waals surface area contributed by atoms with Gasteiger partial charge in [0.2, 0.25) is 0 Å². The van der Waals surface area contributed by atoms with Crippen LogP contribution in [-0.4, -0.2) is 31.8 Å². The molecule has 1 aromatic rings. The highest BCUT2D eigenvalue weighted by Crippen LogP contribution is 2.34. The summed E-state index contributed by atoms with van der Waals surface area (Å²) in [5.41, 5.74) is 1.58. The van der Waals surface area contributed by atoms with Crippen molar-refractivity contribution < 1.29 is 23.8 Å². The van der Waals surface area contributed by atoms with Gasteiger partial charge in [0.15, 0.2) is 11.5 Å². The molecule has 27 heavy (non-hydrogen) atoms. The van der Waals surface area contributed by atoms with E-state index in [2.05, 4.69) is 10.6 Å². The zero-order valence-corrected chi connectivity index (χ0v) is 16.4. The van der Waals surface area contributed by atoms with Crippen LogP contribution in [0.3, 0.4) is 0 Å². The first-order valence-electron chi connectivity index (χ1n) is 9.36. The van der Waals surface area contributed by atoms with Gasteiger partial charge in [0.05, 0.1) is 31.4 Å². The van der Waals surface area contributed by atoms with Crippen LogP contribution in [0.15, 0.2) is 29.5 Å². The SMILES string of the molecule is CCCOC(=O)C1=C(C)NC(=O)NC1c1ccc(OCCC)c(OCC)c1. The molecule has 0 saturated carbocycles. The first-order valence-corrected chi connectivity index (χ1v) is 9.36. The molecule has 2 N–H and O–H groups in total. The average Bonchev–Trinajstić information content (AvgIpc) is 2.64. The fourth-order valence-electron chi connectivity index (χ4n) is 2.79. The van der Waals surface area contributed by atoms with Crippen molar-refractivity contribution >= 4 is 12.0 Å². The predicted molar refractivity (Wildman–Crippen MR) is 102 cm³/mol. The molecule has 7 nitrogen and oxygen atoms in total. The second-order valence-corrected chi connectivity index (χ2v) is 6.19. The molecule has 2 amide bonds. The van der Waals surface area contributed by atoms with Crippen LogP contribution >= 0.6 is 0 Å². The van der Waals surface area contributed by atoms with Gasteiger partial charge < -0.3 is 24.8 Å². The van der Waals surface area contributed by atoms with E-state index < -0.39 is 12.0 Å². The lowest BCUT2D eigenvalue weighted by molar-refractivity contribution is -0.139. The second kappa shape index (κ2) is 9.85. The van der Waals surface area contributed by atoms with E-state index in [1.54, 1.807) is 19.1 Å². The fourth-order valence-corrected chi connectivity index (χ4v) is 2.79. The van der Waals surface area contributed by atoms with Crippen molar-refractivity contribution in [2.24, 2.45) is 0 Å². The predicted octanol–water partition coefficient (Wildman–Crippen LogP) is 3.46. The van der Waals surface area contributed by atoms with Gasteiger partial charge in [-0.3, -0.25) is 0 Å². The molecule has 1 unspecified atom stereocenters. The Labute approximate surface area is 160 Å². The Bertz CT molecular complexity index is 714. The molecule has 1 aromatic carbocycles. The molecule has 0 aliphatic carbocycles. The zero-order chi connectivity index (χ0) is 19.8. The summed E-state index contributed by atoms with van der Waals surface area (Å²) in [6.45, 7) is 8.92. The molecule has 1 aliphatic rings. The Kier molecular flexibility index (Phi) is 7.52. The summed E-state index contributed by atoms with van der Waals surface area (Å²) in [5, 5.41) is 5.44. The molecule has 1 heterocycles. The summed E-state index contributed by atoms with van der Waals surface area (Å²) >= 11 is 0. The van der Waals surface area contributed by atoms with Crippen LogP contribution < -0.4 is 20.1 Å². The lowest BCUT2D eigenvalue weighted by Crippen LogP contribution is -2.45. The molecule has 0 fully saturated rings. The maximum Gasteiger partial charge on any atom is 0.338 e. The smallest absolute Gasteiger partial charge is 0.338 e. The Hall–Kier alpha value is -2.70. The van der Waals surface area contributed by atoms with Crippen molar-refractivity contribution in [1.82, 2.24) is 10.6 Å². The minimum Gasteiger partial charge on any atom is -0.490 e. The summed E-state index contributed by atoms with van der Waals surface area (Å²) in [5.74, 6) is 0.768. The third-order valence-electron chi connectivity index (χ3n) is 3.99. The molecule has 1 atom stereocenters. The van der Waals surface area contributed by atoms with Crippen molar-refractivity contribution in [2.45, 2.75) is 46.6 Å². The number of hydrogen-bond donors (Lipinski definition) is 2. The van der Waals surface area contributed by atoms with Crippen LogP contribution in [0.2, 0.25) is 0 Å². The molecule has 0 radical (unpaired) electrons. The standard InChI is InChI=1S/C20H28N2O5/c1-5-10-26-15-9-8-14(12-16(15)25-7-3)18-17(19(23)27-11-6-2)13(4)21-20(24)22-18/h8-9,12,18H,5-7,10-11H2,1-4H3,(H2,21,22,24). The number of rotatable bonds is 9. The number of amides is 2. The molecule has 0 saturated heterocycles. The lowest BCUT2D eigenvalue weighted by Gasteiger charge is -2.28. The topological polar surface area (TPSA) is 85.9 Å². The van der Waals surface area contributed by atoms with E-state index in [0.29, 0.717) is 42.6 Å². The molecular formula is C20H28N2O5. The number of ether oxygens (including phenoxy) is 3. The van der Waals surface area contributed by atoms with Crippen molar-refractivity contribution in [3.8, 4) is 11.5 Å². The molecule has 0 bridgehead atoms. The lowest BCUT2D eigenvalue weighted by atomic mass is 9.95. The minimum absolute atomic E-state index is 0.324. The summed E-state index contributed by atoms with van der Waals surface area (Å²) in [7, 11) is 0. The molecule has 1 aliphatic heterocycles. The Morgan fingerprint density at radius 2 is 1.81 bits per heavy atom. The molecule has 0 aromatic heterocycles. The largest absolute Gasteiger partial charge is 0.490 e.